The van der Waals surface area contributed by atoms with Gasteiger partial charge in [-0.3, -0.25) is 0 Å². The van der Waals surface area contributed by atoms with E-state index in [-0.39, 0.29) is 0 Å². The fraction of sp³-hybridized carbons (Fsp3) is 1.00. The summed E-state index contributed by atoms with van der Waals surface area (Å²) in [4.78, 5) is 0. The molecule has 0 aromatic heterocycles. The maximum atomic E-state index is 7.00. The van der Waals surface area contributed by atoms with E-state index in [9.17, 15) is 0 Å². The van der Waals surface area contributed by atoms with Crippen LogP contribution in [0.3, 0.4) is 0 Å². The van der Waals surface area contributed by atoms with Crippen molar-refractivity contribution in [2.75, 3.05) is 14.2 Å². The zero-order valence-electron chi connectivity index (χ0n) is 5.65. The third kappa shape index (κ3) is 2.28. The van der Waals surface area contributed by atoms with Crippen molar-refractivity contribution in [2.24, 2.45) is 0 Å². The standard InChI is InChI=1S/C5H11N.CH4O/c1-6-5-3-2-4-5;1-2/h5-6H,2-4H2,1H3;2H,1H3. The third-order valence-corrected chi connectivity index (χ3v) is 1.51. The van der Waals surface area contributed by atoms with Gasteiger partial charge < -0.3 is 10.4 Å². The molecule has 50 valence electrons. The van der Waals surface area contributed by atoms with Crippen LogP contribution >= 0.6 is 0 Å². The van der Waals surface area contributed by atoms with Crippen LogP contribution in [0.1, 0.15) is 19.3 Å². The van der Waals surface area contributed by atoms with Gasteiger partial charge in [0.15, 0.2) is 0 Å². The number of rotatable bonds is 1. The molecule has 0 unspecified atom stereocenters. The number of hydrogen-bond acceptors (Lipinski definition) is 2. The zero-order valence-corrected chi connectivity index (χ0v) is 5.65. The number of aliphatic hydroxyl groups excluding tert-OH is 1. The van der Waals surface area contributed by atoms with Gasteiger partial charge >= 0.3 is 0 Å². The van der Waals surface area contributed by atoms with Crippen molar-refractivity contribution in [1.29, 1.82) is 0 Å². The SMILES string of the molecule is CNC1CCC1.CO. The summed E-state index contributed by atoms with van der Waals surface area (Å²) in [6.45, 7) is 0. The molecule has 2 heteroatoms. The smallest absolute Gasteiger partial charge is 0.0319 e. The molecule has 1 aliphatic rings. The van der Waals surface area contributed by atoms with Crippen LogP contribution in [0.2, 0.25) is 0 Å². The average molecular weight is 117 g/mol. The van der Waals surface area contributed by atoms with Crippen molar-refractivity contribution in [1.82, 2.24) is 5.32 Å². The maximum Gasteiger partial charge on any atom is 0.0319 e. The van der Waals surface area contributed by atoms with Gasteiger partial charge in [0.2, 0.25) is 0 Å². The monoisotopic (exact) mass is 117 g/mol. The van der Waals surface area contributed by atoms with Crippen LogP contribution in [0.15, 0.2) is 0 Å². The number of aliphatic hydroxyl groups is 1. The molecule has 1 fully saturated rings. The molecular formula is C6H15NO. The molecule has 8 heavy (non-hydrogen) atoms. The molecule has 2 nitrogen and oxygen atoms in total. The summed E-state index contributed by atoms with van der Waals surface area (Å²) in [5.74, 6) is 0. The molecule has 0 aromatic rings. The Balaban J connectivity index is 0.000000222. The van der Waals surface area contributed by atoms with Crippen molar-refractivity contribution in [3.8, 4) is 0 Å². The summed E-state index contributed by atoms with van der Waals surface area (Å²) in [6.07, 6.45) is 4.23. The minimum absolute atomic E-state index is 0.866. The first kappa shape index (κ1) is 7.92. The molecule has 0 bridgehead atoms. The molecule has 0 aliphatic heterocycles. The zero-order chi connectivity index (χ0) is 6.41. The summed E-state index contributed by atoms with van der Waals surface area (Å²) in [6, 6.07) is 0.866. The Morgan fingerprint density at radius 1 is 1.38 bits per heavy atom. The maximum absolute atomic E-state index is 7.00. The van der Waals surface area contributed by atoms with Crippen LogP contribution < -0.4 is 5.32 Å². The van der Waals surface area contributed by atoms with E-state index < -0.39 is 0 Å². The van der Waals surface area contributed by atoms with Crippen LogP contribution in [0.4, 0.5) is 0 Å². The van der Waals surface area contributed by atoms with E-state index in [2.05, 4.69) is 5.32 Å². The average Bonchev–Trinajstić information content (AvgIpc) is 1.69. The second-order valence-electron chi connectivity index (χ2n) is 1.92. The van der Waals surface area contributed by atoms with E-state index in [1.54, 1.807) is 0 Å². The van der Waals surface area contributed by atoms with Gasteiger partial charge in [-0.2, -0.15) is 0 Å². The summed E-state index contributed by atoms with van der Waals surface area (Å²) in [5.41, 5.74) is 0. The van der Waals surface area contributed by atoms with Gasteiger partial charge in [-0.15, -0.1) is 0 Å². The Bertz CT molecular complexity index is 41.0. The van der Waals surface area contributed by atoms with E-state index in [0.29, 0.717) is 0 Å². The topological polar surface area (TPSA) is 32.3 Å². The highest BCUT2D eigenvalue weighted by atomic mass is 16.2. The van der Waals surface area contributed by atoms with E-state index in [1.165, 1.54) is 19.3 Å². The highest BCUT2D eigenvalue weighted by Gasteiger charge is 2.13. The molecule has 1 saturated carbocycles. The largest absolute Gasteiger partial charge is 0.400 e. The predicted octanol–water partition coefficient (Wildman–Crippen LogP) is 0.367. The van der Waals surface area contributed by atoms with Crippen molar-refractivity contribution in [2.45, 2.75) is 25.3 Å². The predicted molar refractivity (Wildman–Crippen MR) is 34.8 cm³/mol. The highest BCUT2D eigenvalue weighted by molar-refractivity contribution is 4.73. The van der Waals surface area contributed by atoms with Crippen LogP contribution in [0.5, 0.6) is 0 Å². The molecule has 0 amide bonds. The molecule has 0 spiro atoms. The number of hydrogen-bond donors (Lipinski definition) is 2. The lowest BCUT2D eigenvalue weighted by atomic mass is 9.94. The van der Waals surface area contributed by atoms with Crippen LogP contribution in [-0.4, -0.2) is 25.3 Å². The van der Waals surface area contributed by atoms with Gasteiger partial charge in [-0.25, -0.2) is 0 Å². The minimum Gasteiger partial charge on any atom is -0.400 e. The van der Waals surface area contributed by atoms with Gasteiger partial charge in [-0.1, -0.05) is 6.42 Å². The van der Waals surface area contributed by atoms with Gasteiger partial charge in [-0.05, 0) is 19.9 Å². The first-order valence-electron chi connectivity index (χ1n) is 3.05. The fourth-order valence-electron chi connectivity index (χ4n) is 0.697. The molecule has 0 atom stereocenters. The molecule has 0 radical (unpaired) electrons. The quantitative estimate of drug-likeness (QED) is 0.520. The Kier molecular flexibility index (Phi) is 5.01. The molecule has 1 rings (SSSR count). The first-order valence-corrected chi connectivity index (χ1v) is 3.05. The van der Waals surface area contributed by atoms with Crippen LogP contribution in [0.25, 0.3) is 0 Å². The van der Waals surface area contributed by atoms with Crippen LogP contribution in [0, 0.1) is 0 Å². The Morgan fingerprint density at radius 2 is 1.88 bits per heavy atom. The lowest BCUT2D eigenvalue weighted by Crippen LogP contribution is -2.31. The highest BCUT2D eigenvalue weighted by Crippen LogP contribution is 2.16. The van der Waals surface area contributed by atoms with E-state index in [1.807, 2.05) is 7.05 Å². The first-order chi connectivity index (χ1) is 3.93. The van der Waals surface area contributed by atoms with Crippen molar-refractivity contribution >= 4 is 0 Å². The van der Waals surface area contributed by atoms with Gasteiger partial charge in [0.1, 0.15) is 0 Å². The van der Waals surface area contributed by atoms with E-state index >= 15 is 0 Å². The van der Waals surface area contributed by atoms with Gasteiger partial charge in [0, 0.05) is 13.2 Å². The van der Waals surface area contributed by atoms with Crippen molar-refractivity contribution < 1.29 is 5.11 Å². The minimum atomic E-state index is 0.866. The van der Waals surface area contributed by atoms with Gasteiger partial charge in [0.05, 0.1) is 0 Å². The second-order valence-corrected chi connectivity index (χ2v) is 1.92. The number of nitrogens with one attached hydrogen (secondary N) is 1. The van der Waals surface area contributed by atoms with Crippen molar-refractivity contribution in [3.05, 3.63) is 0 Å². The van der Waals surface area contributed by atoms with Crippen molar-refractivity contribution in [3.63, 3.8) is 0 Å². The molecule has 2 N–H and O–H groups in total. The second kappa shape index (κ2) is 5.06. The lowest BCUT2D eigenvalue weighted by Gasteiger charge is -2.23. The normalized spacial score (nSPS) is 18.4. The summed E-state index contributed by atoms with van der Waals surface area (Å²) in [5, 5.41) is 10.2. The molecule has 0 aromatic carbocycles. The molecule has 0 saturated heterocycles. The lowest BCUT2D eigenvalue weighted by molar-refractivity contribution is 0.361. The fourth-order valence-corrected chi connectivity index (χ4v) is 0.697. The Morgan fingerprint density at radius 3 is 1.88 bits per heavy atom. The Hall–Kier alpha value is -0.0800. The Labute approximate surface area is 50.9 Å². The van der Waals surface area contributed by atoms with Crippen LogP contribution in [-0.2, 0) is 0 Å². The molecular weight excluding hydrogens is 102 g/mol. The van der Waals surface area contributed by atoms with Gasteiger partial charge in [0.25, 0.3) is 0 Å². The van der Waals surface area contributed by atoms with E-state index in [4.69, 9.17) is 5.11 Å². The molecule has 1 aliphatic carbocycles. The third-order valence-electron chi connectivity index (χ3n) is 1.51. The summed E-state index contributed by atoms with van der Waals surface area (Å²) in [7, 11) is 3.03. The summed E-state index contributed by atoms with van der Waals surface area (Å²) < 4.78 is 0. The molecule has 0 heterocycles. The van der Waals surface area contributed by atoms with E-state index in [0.717, 1.165) is 13.2 Å². The summed E-state index contributed by atoms with van der Waals surface area (Å²) >= 11 is 0.